The first-order valence-electron chi connectivity index (χ1n) is 11.7. The molecular weight excluding hydrogens is 486 g/mol. The van der Waals surface area contributed by atoms with Crippen LogP contribution in [0.4, 0.5) is 11.4 Å². The lowest BCUT2D eigenvalue weighted by molar-refractivity contribution is -0.113. The number of carbonyl (C=O) groups excluding carboxylic acids is 2. The number of hydrogen-bond donors (Lipinski definition) is 3. The van der Waals surface area contributed by atoms with Crippen LogP contribution < -0.4 is 10.1 Å². The maximum absolute atomic E-state index is 12.8. The van der Waals surface area contributed by atoms with Gasteiger partial charge in [0.1, 0.15) is 23.8 Å². The number of methoxy groups -OCH3 is 1. The summed E-state index contributed by atoms with van der Waals surface area (Å²) in [7, 11) is 1.40. The minimum Gasteiger partial charge on any atom is -0.510 e. The van der Waals surface area contributed by atoms with Gasteiger partial charge in [0.25, 0.3) is 5.91 Å². The van der Waals surface area contributed by atoms with Crippen LogP contribution in [-0.4, -0.2) is 29.2 Å². The van der Waals surface area contributed by atoms with Crippen LogP contribution in [0.15, 0.2) is 95.0 Å². The number of azo groups is 1. The topological polar surface area (TPSA) is 130 Å². The van der Waals surface area contributed by atoms with Gasteiger partial charge in [-0.05, 0) is 49.2 Å². The smallest absolute Gasteiger partial charge is 0.338 e. The second-order valence-corrected chi connectivity index (χ2v) is 8.26. The molecule has 196 valence electrons. The molecule has 1 atom stereocenters. The van der Waals surface area contributed by atoms with Crippen LogP contribution in [-0.2, 0) is 16.1 Å². The first-order chi connectivity index (χ1) is 18.2. The van der Waals surface area contributed by atoms with E-state index >= 15 is 0 Å². The number of aliphatic hydroxyl groups is 2. The van der Waals surface area contributed by atoms with Crippen LogP contribution in [0.3, 0.4) is 0 Å². The van der Waals surface area contributed by atoms with Gasteiger partial charge < -0.3 is 25.0 Å². The van der Waals surface area contributed by atoms with Gasteiger partial charge in [-0.25, -0.2) is 4.79 Å². The average molecular weight is 516 g/mol. The zero-order valence-electron chi connectivity index (χ0n) is 21.3. The predicted octanol–water partition coefficient (Wildman–Crippen LogP) is 6.26. The molecule has 1 amide bonds. The number of carbonyl (C=O) groups is 2. The summed E-state index contributed by atoms with van der Waals surface area (Å²) < 4.78 is 10.7. The van der Waals surface area contributed by atoms with Crippen LogP contribution in [0.5, 0.6) is 5.75 Å². The van der Waals surface area contributed by atoms with Gasteiger partial charge in [-0.1, -0.05) is 55.1 Å². The number of hydrogen-bond acceptors (Lipinski definition) is 8. The first kappa shape index (κ1) is 27.8. The van der Waals surface area contributed by atoms with Crippen LogP contribution in [0.25, 0.3) is 6.08 Å². The highest BCUT2D eigenvalue weighted by atomic mass is 16.5. The molecule has 0 fully saturated rings. The molecule has 0 saturated carbocycles. The van der Waals surface area contributed by atoms with E-state index in [2.05, 4.69) is 22.1 Å². The molecular formula is C29H29N3O6. The number of amides is 1. The van der Waals surface area contributed by atoms with Crippen molar-refractivity contribution in [3.8, 4) is 5.75 Å². The van der Waals surface area contributed by atoms with Crippen molar-refractivity contribution in [3.63, 3.8) is 0 Å². The third-order valence-electron chi connectivity index (χ3n) is 5.48. The molecule has 3 N–H and O–H groups in total. The number of benzene rings is 3. The fraction of sp³-hybridized carbons (Fsp3) is 0.172. The molecule has 0 heterocycles. The molecule has 0 radical (unpaired) electrons. The van der Waals surface area contributed by atoms with Crippen LogP contribution in [0.2, 0.25) is 0 Å². The van der Waals surface area contributed by atoms with Crippen molar-refractivity contribution in [2.45, 2.75) is 26.6 Å². The lowest BCUT2D eigenvalue weighted by Gasteiger charge is -2.13. The van der Waals surface area contributed by atoms with E-state index in [1.54, 1.807) is 37.3 Å². The van der Waals surface area contributed by atoms with Crippen LogP contribution in [0, 0.1) is 0 Å². The van der Waals surface area contributed by atoms with Gasteiger partial charge in [0.05, 0.1) is 18.8 Å². The van der Waals surface area contributed by atoms with E-state index in [1.165, 1.54) is 32.2 Å². The number of aliphatic hydroxyl groups excluding tert-OH is 2. The zero-order valence-corrected chi connectivity index (χ0v) is 21.3. The van der Waals surface area contributed by atoms with E-state index < -0.39 is 18.0 Å². The summed E-state index contributed by atoms with van der Waals surface area (Å²) in [4.78, 5) is 25.4. The van der Waals surface area contributed by atoms with E-state index in [9.17, 15) is 19.8 Å². The van der Waals surface area contributed by atoms with Gasteiger partial charge in [0.2, 0.25) is 0 Å². The third-order valence-corrected chi connectivity index (χ3v) is 5.48. The Hall–Kier alpha value is -4.76. The quantitative estimate of drug-likeness (QED) is 0.126. The highest BCUT2D eigenvalue weighted by molar-refractivity contribution is 6.04. The Bertz CT molecular complexity index is 1370. The molecule has 0 aromatic heterocycles. The Morgan fingerprint density at radius 3 is 2.45 bits per heavy atom. The molecule has 0 spiro atoms. The lowest BCUT2D eigenvalue weighted by atomic mass is 10.1. The van der Waals surface area contributed by atoms with Crippen LogP contribution in [0.1, 0.15) is 47.0 Å². The van der Waals surface area contributed by atoms with Crippen molar-refractivity contribution in [1.29, 1.82) is 0 Å². The number of para-hydroxylation sites is 1. The second kappa shape index (κ2) is 13.0. The second-order valence-electron chi connectivity index (χ2n) is 8.26. The maximum atomic E-state index is 12.8. The van der Waals surface area contributed by atoms with Crippen LogP contribution >= 0.6 is 0 Å². The minimum absolute atomic E-state index is 0.0945. The molecule has 38 heavy (non-hydrogen) atoms. The van der Waals surface area contributed by atoms with Crippen molar-refractivity contribution in [3.05, 3.63) is 107 Å². The Morgan fingerprint density at radius 2 is 1.82 bits per heavy atom. The third kappa shape index (κ3) is 7.14. The maximum Gasteiger partial charge on any atom is 0.338 e. The summed E-state index contributed by atoms with van der Waals surface area (Å²) in [6.07, 6.45) is 0.910. The number of rotatable bonds is 10. The Labute approximate surface area is 220 Å². The number of ether oxygens (including phenoxy) is 2. The van der Waals surface area contributed by atoms with E-state index in [0.717, 1.165) is 11.1 Å². The molecule has 0 aliphatic heterocycles. The monoisotopic (exact) mass is 515 g/mol. The summed E-state index contributed by atoms with van der Waals surface area (Å²) in [5, 5.41) is 30.6. The number of nitrogens with zero attached hydrogens (tertiary/aromatic N) is 2. The number of anilines is 1. The summed E-state index contributed by atoms with van der Waals surface area (Å²) in [6.45, 7) is 6.68. The Balaban J connectivity index is 1.74. The Kier molecular flexibility index (Phi) is 9.50. The highest BCUT2D eigenvalue weighted by Crippen LogP contribution is 2.30. The average Bonchev–Trinajstić information content (AvgIpc) is 2.92. The molecule has 0 saturated heterocycles. The van der Waals surface area contributed by atoms with E-state index in [0.29, 0.717) is 11.3 Å². The van der Waals surface area contributed by atoms with Crippen molar-refractivity contribution in [2.24, 2.45) is 10.2 Å². The SMILES string of the molecule is C=Cc1ccc(COC(=O)c2ccc(N=NC(C(=O)Nc3ccccc3C(C)O)=C(C)O)c(OC)c2)cc1. The molecule has 0 aliphatic carbocycles. The first-order valence-corrected chi connectivity index (χ1v) is 11.7. The molecule has 9 heteroatoms. The molecule has 1 unspecified atom stereocenters. The minimum atomic E-state index is -0.817. The zero-order chi connectivity index (χ0) is 27.7. The summed E-state index contributed by atoms with van der Waals surface area (Å²) in [5.41, 5.74) is 2.80. The fourth-order valence-corrected chi connectivity index (χ4v) is 3.41. The fourth-order valence-electron chi connectivity index (χ4n) is 3.41. The largest absolute Gasteiger partial charge is 0.510 e. The van der Waals surface area contributed by atoms with Crippen molar-refractivity contribution < 1.29 is 29.3 Å². The molecule has 3 aromatic rings. The number of esters is 1. The van der Waals surface area contributed by atoms with Gasteiger partial charge in [0, 0.05) is 11.3 Å². The summed E-state index contributed by atoms with van der Waals surface area (Å²) >= 11 is 0. The molecule has 9 nitrogen and oxygen atoms in total. The predicted molar refractivity (Wildman–Crippen MR) is 144 cm³/mol. The van der Waals surface area contributed by atoms with E-state index in [1.807, 2.05) is 24.3 Å². The normalized spacial score (nSPS) is 12.4. The summed E-state index contributed by atoms with van der Waals surface area (Å²) in [5.74, 6) is -1.42. The Morgan fingerprint density at radius 1 is 1.11 bits per heavy atom. The summed E-state index contributed by atoms with van der Waals surface area (Å²) in [6, 6.07) is 18.6. The van der Waals surface area contributed by atoms with Crippen molar-refractivity contribution in [1.82, 2.24) is 0 Å². The standard InChI is InChI=1S/C29H29N3O6/c1-5-20-10-12-21(13-11-20)17-38-29(36)22-14-15-25(26(16-22)37-4)31-32-27(19(3)34)28(35)30-24-9-7-6-8-23(24)18(2)33/h5-16,18,33-34H,1,17H2,2-4H3,(H,30,35). The van der Waals surface area contributed by atoms with Gasteiger partial charge in [-0.15, -0.1) is 10.2 Å². The lowest BCUT2D eigenvalue weighted by Crippen LogP contribution is -2.16. The molecule has 0 aliphatic rings. The number of allylic oxidation sites excluding steroid dienone is 1. The number of nitrogens with one attached hydrogen (secondary N) is 1. The molecule has 3 aromatic carbocycles. The van der Waals surface area contributed by atoms with Gasteiger partial charge in [0.15, 0.2) is 5.70 Å². The van der Waals surface area contributed by atoms with E-state index in [-0.39, 0.29) is 35.1 Å². The molecule has 0 bridgehead atoms. The van der Waals surface area contributed by atoms with Gasteiger partial charge >= 0.3 is 5.97 Å². The van der Waals surface area contributed by atoms with Gasteiger partial charge in [-0.2, -0.15) is 0 Å². The van der Waals surface area contributed by atoms with E-state index in [4.69, 9.17) is 9.47 Å². The van der Waals surface area contributed by atoms with Crippen molar-refractivity contribution >= 4 is 29.3 Å². The highest BCUT2D eigenvalue weighted by Gasteiger charge is 2.17. The molecule has 3 rings (SSSR count). The van der Waals surface area contributed by atoms with Gasteiger partial charge in [-0.3, -0.25) is 4.79 Å². The van der Waals surface area contributed by atoms with Crippen molar-refractivity contribution in [2.75, 3.05) is 12.4 Å².